The number of Topliss-reactive ketones (excluding diaryl/α,β-unsaturated/α-hetero) is 1. The van der Waals surface area contributed by atoms with Gasteiger partial charge in [-0.25, -0.2) is 0 Å². The summed E-state index contributed by atoms with van der Waals surface area (Å²) in [5.41, 5.74) is 0.658. The van der Waals surface area contributed by atoms with Gasteiger partial charge < -0.3 is 0 Å². The molecule has 0 aliphatic heterocycles. The molecule has 0 amide bonds. The molecule has 0 heterocycles. The van der Waals surface area contributed by atoms with E-state index in [1.165, 1.54) is 19.3 Å². The number of carbonyl (C=O) groups is 1. The number of hydrogen-bond acceptors (Lipinski definition) is 1. The predicted molar refractivity (Wildman–Crippen MR) is 51.3 cm³/mol. The van der Waals surface area contributed by atoms with Crippen molar-refractivity contribution in [2.24, 2.45) is 16.7 Å². The lowest BCUT2D eigenvalue weighted by atomic mass is 9.91. The van der Waals surface area contributed by atoms with Gasteiger partial charge in [0.15, 0.2) is 0 Å². The second kappa shape index (κ2) is 2.08. The second-order valence-corrected chi connectivity index (χ2v) is 5.15. The lowest BCUT2D eigenvalue weighted by Gasteiger charge is -2.12. The van der Waals surface area contributed by atoms with Gasteiger partial charge in [0.05, 0.1) is 0 Å². The van der Waals surface area contributed by atoms with Gasteiger partial charge in [0, 0.05) is 17.8 Å². The van der Waals surface area contributed by atoms with Crippen LogP contribution in [0.2, 0.25) is 0 Å². The standard InChI is InChI=1S/C12H16O/c1-11-6-4-8-12(11)7-3-2-5-9(13)10(11)12/h4,6,10H,2-3,5,7-8H2,1H3. The smallest absolute Gasteiger partial charge is 0.137 e. The summed E-state index contributed by atoms with van der Waals surface area (Å²) in [4.78, 5) is 11.8. The van der Waals surface area contributed by atoms with E-state index in [2.05, 4.69) is 19.1 Å². The van der Waals surface area contributed by atoms with E-state index < -0.39 is 0 Å². The average molecular weight is 176 g/mol. The third-order valence-electron chi connectivity index (χ3n) is 4.71. The molecule has 0 aromatic carbocycles. The van der Waals surface area contributed by atoms with Gasteiger partial charge in [0.2, 0.25) is 0 Å². The summed E-state index contributed by atoms with van der Waals surface area (Å²) in [6, 6.07) is 0. The summed E-state index contributed by atoms with van der Waals surface area (Å²) in [5.74, 6) is 0.942. The highest BCUT2D eigenvalue weighted by molar-refractivity contribution is 5.88. The molecule has 0 bridgehead atoms. The van der Waals surface area contributed by atoms with Crippen LogP contribution in [0.5, 0.6) is 0 Å². The quantitative estimate of drug-likeness (QED) is 0.519. The van der Waals surface area contributed by atoms with Crippen molar-refractivity contribution in [1.82, 2.24) is 0 Å². The van der Waals surface area contributed by atoms with Crippen molar-refractivity contribution in [3.63, 3.8) is 0 Å². The van der Waals surface area contributed by atoms with E-state index in [4.69, 9.17) is 0 Å². The summed E-state index contributed by atoms with van der Waals surface area (Å²) in [6.45, 7) is 2.28. The molecule has 3 rings (SSSR count). The molecule has 1 nitrogen and oxygen atoms in total. The lowest BCUT2D eigenvalue weighted by molar-refractivity contribution is -0.121. The first kappa shape index (κ1) is 7.78. The van der Waals surface area contributed by atoms with E-state index in [1.54, 1.807) is 0 Å². The van der Waals surface area contributed by atoms with Crippen LogP contribution in [0.15, 0.2) is 12.2 Å². The maximum Gasteiger partial charge on any atom is 0.137 e. The normalized spacial score (nSPS) is 52.7. The van der Waals surface area contributed by atoms with Crippen LogP contribution in [-0.4, -0.2) is 5.78 Å². The van der Waals surface area contributed by atoms with Crippen molar-refractivity contribution >= 4 is 5.78 Å². The fourth-order valence-electron chi connectivity index (χ4n) is 3.95. The van der Waals surface area contributed by atoms with Crippen molar-refractivity contribution in [3.8, 4) is 0 Å². The highest BCUT2D eigenvalue weighted by atomic mass is 16.1. The zero-order valence-corrected chi connectivity index (χ0v) is 8.18. The minimum atomic E-state index is 0.268. The molecule has 0 radical (unpaired) electrons. The Morgan fingerprint density at radius 3 is 3.15 bits per heavy atom. The number of allylic oxidation sites excluding steroid dienone is 2. The molecule has 0 aromatic heterocycles. The minimum absolute atomic E-state index is 0.268. The van der Waals surface area contributed by atoms with E-state index in [0.29, 0.717) is 17.1 Å². The molecule has 2 fully saturated rings. The van der Waals surface area contributed by atoms with Crippen molar-refractivity contribution in [3.05, 3.63) is 12.2 Å². The highest BCUT2D eigenvalue weighted by Gasteiger charge is 2.75. The summed E-state index contributed by atoms with van der Waals surface area (Å²) in [6.07, 6.45) is 10.3. The molecule has 3 unspecified atom stereocenters. The van der Waals surface area contributed by atoms with Crippen LogP contribution in [0, 0.1) is 16.7 Å². The first-order valence-electron chi connectivity index (χ1n) is 5.41. The van der Waals surface area contributed by atoms with Crippen molar-refractivity contribution in [1.29, 1.82) is 0 Å². The molecule has 0 aromatic rings. The van der Waals surface area contributed by atoms with E-state index in [1.807, 2.05) is 0 Å². The van der Waals surface area contributed by atoms with Gasteiger partial charge in [-0.15, -0.1) is 0 Å². The molecule has 13 heavy (non-hydrogen) atoms. The summed E-state index contributed by atoms with van der Waals surface area (Å²) in [7, 11) is 0. The minimum Gasteiger partial charge on any atom is -0.299 e. The van der Waals surface area contributed by atoms with Crippen LogP contribution in [0.25, 0.3) is 0 Å². The highest BCUT2D eigenvalue weighted by Crippen LogP contribution is 2.78. The Morgan fingerprint density at radius 1 is 1.46 bits per heavy atom. The number of carbonyl (C=O) groups excluding carboxylic acids is 1. The zero-order chi connectivity index (χ0) is 9.10. The largest absolute Gasteiger partial charge is 0.299 e. The third-order valence-corrected chi connectivity index (χ3v) is 4.71. The average Bonchev–Trinajstić information content (AvgIpc) is 2.53. The molecule has 3 atom stereocenters. The fourth-order valence-corrected chi connectivity index (χ4v) is 3.95. The van der Waals surface area contributed by atoms with Gasteiger partial charge in [-0.3, -0.25) is 4.79 Å². The molecule has 1 heteroatoms. The molecule has 2 saturated carbocycles. The number of rotatable bonds is 0. The Labute approximate surface area is 79.2 Å². The fraction of sp³-hybridized carbons (Fsp3) is 0.750. The lowest BCUT2D eigenvalue weighted by Crippen LogP contribution is -2.06. The number of hydrogen-bond donors (Lipinski definition) is 0. The Kier molecular flexibility index (Phi) is 1.24. The zero-order valence-electron chi connectivity index (χ0n) is 8.18. The van der Waals surface area contributed by atoms with E-state index >= 15 is 0 Å². The molecule has 1 spiro atoms. The Morgan fingerprint density at radius 2 is 2.31 bits per heavy atom. The molecule has 0 saturated heterocycles. The summed E-state index contributed by atoms with van der Waals surface area (Å²) < 4.78 is 0. The second-order valence-electron chi connectivity index (χ2n) is 5.15. The van der Waals surface area contributed by atoms with E-state index in [-0.39, 0.29) is 5.41 Å². The molecule has 3 aliphatic rings. The summed E-state index contributed by atoms with van der Waals surface area (Å²) in [5, 5.41) is 0. The molecular formula is C12H16O. The van der Waals surface area contributed by atoms with Gasteiger partial charge in [-0.2, -0.15) is 0 Å². The SMILES string of the molecule is CC12C=CCC13CCCCC(=O)C23. The van der Waals surface area contributed by atoms with Gasteiger partial charge in [-0.1, -0.05) is 25.5 Å². The maximum atomic E-state index is 11.8. The number of fused-ring (bicyclic) bond motifs is 1. The van der Waals surface area contributed by atoms with Crippen molar-refractivity contribution < 1.29 is 4.79 Å². The maximum absolute atomic E-state index is 11.8. The molecule has 3 aliphatic carbocycles. The van der Waals surface area contributed by atoms with Gasteiger partial charge in [-0.05, 0) is 24.7 Å². The topological polar surface area (TPSA) is 17.1 Å². The first-order valence-corrected chi connectivity index (χ1v) is 5.41. The Hall–Kier alpha value is -0.590. The van der Waals surface area contributed by atoms with Crippen molar-refractivity contribution in [2.45, 2.75) is 39.0 Å². The molecule has 0 N–H and O–H groups in total. The van der Waals surface area contributed by atoms with Crippen LogP contribution in [0.4, 0.5) is 0 Å². The Bertz CT molecular complexity index is 304. The van der Waals surface area contributed by atoms with Gasteiger partial charge in [0.25, 0.3) is 0 Å². The van der Waals surface area contributed by atoms with Crippen LogP contribution in [-0.2, 0) is 4.79 Å². The van der Waals surface area contributed by atoms with Crippen LogP contribution in [0.1, 0.15) is 39.0 Å². The van der Waals surface area contributed by atoms with E-state index in [9.17, 15) is 4.79 Å². The monoisotopic (exact) mass is 176 g/mol. The molecular weight excluding hydrogens is 160 g/mol. The first-order chi connectivity index (χ1) is 6.21. The van der Waals surface area contributed by atoms with Crippen LogP contribution in [0.3, 0.4) is 0 Å². The van der Waals surface area contributed by atoms with Gasteiger partial charge in [0.1, 0.15) is 5.78 Å². The summed E-state index contributed by atoms with van der Waals surface area (Å²) >= 11 is 0. The van der Waals surface area contributed by atoms with Crippen LogP contribution >= 0.6 is 0 Å². The third kappa shape index (κ3) is 0.685. The molecule has 70 valence electrons. The van der Waals surface area contributed by atoms with E-state index in [0.717, 1.165) is 12.8 Å². The predicted octanol–water partition coefficient (Wildman–Crippen LogP) is 2.71. The van der Waals surface area contributed by atoms with Gasteiger partial charge >= 0.3 is 0 Å². The number of ketones is 1. The Balaban J connectivity index is 2.01. The van der Waals surface area contributed by atoms with Crippen LogP contribution < -0.4 is 0 Å². The van der Waals surface area contributed by atoms with Crippen molar-refractivity contribution in [2.75, 3.05) is 0 Å².